The predicted molar refractivity (Wildman–Crippen MR) is 62.9 cm³/mol. The zero-order chi connectivity index (χ0) is 11.1. The van der Waals surface area contributed by atoms with Crippen LogP contribution in [0.25, 0.3) is 0 Å². The molecule has 0 heterocycles. The Morgan fingerprint density at radius 3 is 2.40 bits per heavy atom. The fourth-order valence-electron chi connectivity index (χ4n) is 2.68. The van der Waals surface area contributed by atoms with Gasteiger partial charge in [0.05, 0.1) is 12.2 Å². The quantitative estimate of drug-likeness (QED) is 0.736. The highest BCUT2D eigenvalue weighted by Gasteiger charge is 2.29. The van der Waals surface area contributed by atoms with Crippen LogP contribution in [0, 0.1) is 5.92 Å². The minimum absolute atomic E-state index is 0.0928. The fraction of sp³-hybridized carbons (Fsp3) is 1.00. The van der Waals surface area contributed by atoms with Gasteiger partial charge in [-0.1, -0.05) is 32.6 Å². The molecule has 0 aromatic rings. The molecule has 0 radical (unpaired) electrons. The predicted octanol–water partition coefficient (Wildman–Crippen LogP) is 3.13. The summed E-state index contributed by atoms with van der Waals surface area (Å²) in [6.07, 6.45) is 8.22. The van der Waals surface area contributed by atoms with E-state index in [2.05, 4.69) is 6.92 Å². The maximum atomic E-state index is 10.1. The van der Waals surface area contributed by atoms with E-state index in [9.17, 15) is 5.11 Å². The summed E-state index contributed by atoms with van der Waals surface area (Å²) >= 11 is 0. The first kappa shape index (κ1) is 13.0. The van der Waals surface area contributed by atoms with Gasteiger partial charge in [0.15, 0.2) is 0 Å². The SMILES string of the molecule is CCCC(O)C(OCC)C1CCCCC1. The van der Waals surface area contributed by atoms with Crippen molar-refractivity contribution in [2.24, 2.45) is 5.92 Å². The Labute approximate surface area is 94.0 Å². The summed E-state index contributed by atoms with van der Waals surface area (Å²) in [5.41, 5.74) is 0. The Morgan fingerprint density at radius 2 is 1.87 bits per heavy atom. The molecule has 0 amide bonds. The second-order valence-electron chi connectivity index (χ2n) is 4.67. The van der Waals surface area contributed by atoms with E-state index in [1.807, 2.05) is 6.92 Å². The normalized spacial score (nSPS) is 22.6. The minimum atomic E-state index is -0.252. The van der Waals surface area contributed by atoms with Gasteiger partial charge in [0.2, 0.25) is 0 Å². The Hall–Kier alpha value is -0.0800. The fourth-order valence-corrected chi connectivity index (χ4v) is 2.68. The van der Waals surface area contributed by atoms with Gasteiger partial charge in [0.25, 0.3) is 0 Å². The lowest BCUT2D eigenvalue weighted by molar-refractivity contribution is -0.0747. The van der Waals surface area contributed by atoms with E-state index >= 15 is 0 Å². The summed E-state index contributed by atoms with van der Waals surface area (Å²) in [6.45, 7) is 4.86. The van der Waals surface area contributed by atoms with Crippen LogP contribution in [0.15, 0.2) is 0 Å². The van der Waals surface area contributed by atoms with E-state index in [4.69, 9.17) is 4.74 Å². The van der Waals surface area contributed by atoms with Crippen LogP contribution in [0.2, 0.25) is 0 Å². The Kier molecular flexibility index (Phi) is 6.26. The smallest absolute Gasteiger partial charge is 0.0861 e. The maximum absolute atomic E-state index is 10.1. The van der Waals surface area contributed by atoms with Gasteiger partial charge in [0, 0.05) is 6.61 Å². The summed E-state index contributed by atoms with van der Waals surface area (Å²) in [5, 5.41) is 10.1. The highest BCUT2D eigenvalue weighted by Crippen LogP contribution is 2.30. The molecule has 0 aromatic carbocycles. The van der Waals surface area contributed by atoms with Crippen LogP contribution < -0.4 is 0 Å². The third-order valence-electron chi connectivity index (χ3n) is 3.44. The first-order valence-corrected chi connectivity index (χ1v) is 6.59. The van der Waals surface area contributed by atoms with Gasteiger partial charge >= 0.3 is 0 Å². The van der Waals surface area contributed by atoms with E-state index in [1.165, 1.54) is 32.1 Å². The summed E-state index contributed by atoms with van der Waals surface area (Å²) in [4.78, 5) is 0. The maximum Gasteiger partial charge on any atom is 0.0861 e. The van der Waals surface area contributed by atoms with Crippen molar-refractivity contribution >= 4 is 0 Å². The van der Waals surface area contributed by atoms with Crippen LogP contribution in [-0.4, -0.2) is 23.9 Å². The molecule has 2 nitrogen and oxygen atoms in total. The van der Waals surface area contributed by atoms with Gasteiger partial charge in [0.1, 0.15) is 0 Å². The molecule has 2 unspecified atom stereocenters. The third kappa shape index (κ3) is 4.12. The average Bonchev–Trinajstić information content (AvgIpc) is 2.27. The number of rotatable bonds is 6. The molecule has 1 aliphatic carbocycles. The molecule has 1 rings (SSSR count). The zero-order valence-electron chi connectivity index (χ0n) is 10.2. The summed E-state index contributed by atoms with van der Waals surface area (Å²) in [5.74, 6) is 0.597. The highest BCUT2D eigenvalue weighted by atomic mass is 16.5. The van der Waals surface area contributed by atoms with E-state index < -0.39 is 0 Å². The van der Waals surface area contributed by atoms with Gasteiger partial charge in [-0.2, -0.15) is 0 Å². The molecule has 2 atom stereocenters. The lowest BCUT2D eigenvalue weighted by atomic mass is 9.82. The molecule has 1 aliphatic rings. The summed E-state index contributed by atoms with van der Waals surface area (Å²) in [7, 11) is 0. The van der Waals surface area contributed by atoms with Crippen LogP contribution in [0.5, 0.6) is 0 Å². The number of ether oxygens (including phenoxy) is 1. The molecule has 90 valence electrons. The first-order valence-electron chi connectivity index (χ1n) is 6.59. The monoisotopic (exact) mass is 214 g/mol. The van der Waals surface area contributed by atoms with Gasteiger partial charge in [-0.25, -0.2) is 0 Å². The van der Waals surface area contributed by atoms with Gasteiger partial charge < -0.3 is 9.84 Å². The molecule has 0 bridgehead atoms. The van der Waals surface area contributed by atoms with Gasteiger partial charge in [-0.3, -0.25) is 0 Å². The molecule has 0 aromatic heterocycles. The van der Waals surface area contributed by atoms with E-state index in [-0.39, 0.29) is 12.2 Å². The van der Waals surface area contributed by atoms with Crippen molar-refractivity contribution in [3.63, 3.8) is 0 Å². The van der Waals surface area contributed by atoms with E-state index in [0.29, 0.717) is 5.92 Å². The van der Waals surface area contributed by atoms with Crippen LogP contribution in [0.1, 0.15) is 58.8 Å². The van der Waals surface area contributed by atoms with Crippen LogP contribution in [0.4, 0.5) is 0 Å². The average molecular weight is 214 g/mol. The zero-order valence-corrected chi connectivity index (χ0v) is 10.2. The molecule has 15 heavy (non-hydrogen) atoms. The Balaban J connectivity index is 2.46. The molecule has 0 saturated heterocycles. The van der Waals surface area contributed by atoms with Crippen LogP contribution in [0.3, 0.4) is 0 Å². The van der Waals surface area contributed by atoms with Crippen molar-refractivity contribution in [1.82, 2.24) is 0 Å². The second kappa shape index (κ2) is 7.24. The van der Waals surface area contributed by atoms with Crippen LogP contribution in [-0.2, 0) is 4.74 Å². The van der Waals surface area contributed by atoms with Crippen molar-refractivity contribution < 1.29 is 9.84 Å². The molecule has 1 N–H and O–H groups in total. The van der Waals surface area contributed by atoms with Crippen molar-refractivity contribution in [2.45, 2.75) is 71.0 Å². The summed E-state index contributed by atoms with van der Waals surface area (Å²) in [6, 6.07) is 0. The largest absolute Gasteiger partial charge is 0.390 e. The first-order chi connectivity index (χ1) is 7.29. The molecule has 0 spiro atoms. The number of aliphatic hydroxyl groups is 1. The van der Waals surface area contributed by atoms with E-state index in [1.54, 1.807) is 0 Å². The molecular formula is C13H26O2. The van der Waals surface area contributed by atoms with Crippen molar-refractivity contribution in [3.05, 3.63) is 0 Å². The minimum Gasteiger partial charge on any atom is -0.390 e. The molecule has 1 saturated carbocycles. The lowest BCUT2D eigenvalue weighted by Crippen LogP contribution is -2.37. The second-order valence-corrected chi connectivity index (χ2v) is 4.67. The Morgan fingerprint density at radius 1 is 1.20 bits per heavy atom. The number of aliphatic hydroxyl groups excluding tert-OH is 1. The van der Waals surface area contributed by atoms with Crippen molar-refractivity contribution in [1.29, 1.82) is 0 Å². The Bertz CT molecular complexity index is 153. The number of hydrogen-bond acceptors (Lipinski definition) is 2. The van der Waals surface area contributed by atoms with Crippen molar-refractivity contribution in [2.75, 3.05) is 6.61 Å². The molecule has 2 heteroatoms. The summed E-state index contributed by atoms with van der Waals surface area (Å²) < 4.78 is 5.75. The standard InChI is InChI=1S/C13H26O2/c1-3-8-12(14)13(15-4-2)11-9-6-5-7-10-11/h11-14H,3-10H2,1-2H3. The molecule has 0 aliphatic heterocycles. The van der Waals surface area contributed by atoms with E-state index in [0.717, 1.165) is 19.4 Å². The van der Waals surface area contributed by atoms with Gasteiger partial charge in [-0.05, 0) is 32.1 Å². The van der Waals surface area contributed by atoms with Crippen LogP contribution >= 0.6 is 0 Å². The third-order valence-corrected chi connectivity index (χ3v) is 3.44. The topological polar surface area (TPSA) is 29.5 Å². The van der Waals surface area contributed by atoms with Gasteiger partial charge in [-0.15, -0.1) is 0 Å². The molecule has 1 fully saturated rings. The molecular weight excluding hydrogens is 188 g/mol. The lowest BCUT2D eigenvalue weighted by Gasteiger charge is -2.33. The highest BCUT2D eigenvalue weighted by molar-refractivity contribution is 4.80. The number of hydrogen-bond donors (Lipinski definition) is 1. The van der Waals surface area contributed by atoms with Crippen molar-refractivity contribution in [3.8, 4) is 0 Å².